The summed E-state index contributed by atoms with van der Waals surface area (Å²) in [6.45, 7) is 1.12. The zero-order chi connectivity index (χ0) is 14.8. The van der Waals surface area contributed by atoms with Crippen molar-refractivity contribution in [3.05, 3.63) is 53.7 Å². The molecule has 0 aliphatic carbocycles. The van der Waals surface area contributed by atoms with E-state index in [0.717, 1.165) is 16.8 Å². The zero-order valence-corrected chi connectivity index (χ0v) is 11.8. The molecule has 6 nitrogen and oxygen atoms in total. The summed E-state index contributed by atoms with van der Waals surface area (Å²) < 4.78 is 0. The van der Waals surface area contributed by atoms with Crippen LogP contribution in [0.5, 0.6) is 0 Å². The summed E-state index contributed by atoms with van der Waals surface area (Å²) >= 11 is 0. The second kappa shape index (κ2) is 5.41. The van der Waals surface area contributed by atoms with Gasteiger partial charge in [-0.25, -0.2) is 15.6 Å². The van der Waals surface area contributed by atoms with Crippen LogP contribution in [0.3, 0.4) is 0 Å². The van der Waals surface area contributed by atoms with Gasteiger partial charge in [0.25, 0.3) is 0 Å². The maximum absolute atomic E-state index is 12.4. The molecule has 1 aromatic heterocycles. The topological polar surface area (TPSA) is 74.5 Å². The first-order valence-electron chi connectivity index (χ1n) is 6.71. The number of anilines is 2. The lowest BCUT2D eigenvalue weighted by molar-refractivity contribution is 0.210. The van der Waals surface area contributed by atoms with Crippen LogP contribution in [0.25, 0.3) is 0 Å². The van der Waals surface area contributed by atoms with Crippen molar-refractivity contribution in [2.24, 2.45) is 5.84 Å². The number of hydrogen-bond acceptors (Lipinski definition) is 4. The van der Waals surface area contributed by atoms with Gasteiger partial charge in [0.15, 0.2) is 0 Å². The third kappa shape index (κ3) is 2.53. The van der Waals surface area contributed by atoms with Crippen molar-refractivity contribution in [1.29, 1.82) is 0 Å². The number of amides is 2. The molecule has 0 saturated heterocycles. The van der Waals surface area contributed by atoms with E-state index in [4.69, 9.17) is 5.84 Å². The van der Waals surface area contributed by atoms with Gasteiger partial charge < -0.3 is 10.3 Å². The second-order valence-corrected chi connectivity index (χ2v) is 5.05. The molecule has 2 aromatic rings. The Bertz CT molecular complexity index is 673. The third-order valence-electron chi connectivity index (χ3n) is 3.56. The Balaban J connectivity index is 1.94. The number of pyridine rings is 1. The first-order chi connectivity index (χ1) is 10.2. The van der Waals surface area contributed by atoms with Crippen LogP contribution in [-0.2, 0) is 13.1 Å². The fraction of sp³-hybridized carbons (Fsp3) is 0.200. The minimum Gasteiger partial charge on any atom is -0.323 e. The summed E-state index contributed by atoms with van der Waals surface area (Å²) in [4.78, 5) is 20.0. The maximum Gasteiger partial charge on any atom is 0.324 e. The van der Waals surface area contributed by atoms with Crippen molar-refractivity contribution in [3.8, 4) is 0 Å². The molecule has 2 amide bonds. The number of nitrogens with one attached hydrogen (secondary N) is 1. The Morgan fingerprint density at radius 1 is 1.33 bits per heavy atom. The molecule has 108 valence electrons. The van der Waals surface area contributed by atoms with Crippen LogP contribution >= 0.6 is 0 Å². The summed E-state index contributed by atoms with van der Waals surface area (Å²) in [5, 5.41) is 0. The van der Waals surface area contributed by atoms with Gasteiger partial charge in [-0.15, -0.1) is 0 Å². The average Bonchev–Trinajstić information content (AvgIpc) is 2.52. The van der Waals surface area contributed by atoms with Crippen LogP contribution in [-0.4, -0.2) is 23.0 Å². The van der Waals surface area contributed by atoms with Gasteiger partial charge in [-0.3, -0.25) is 4.90 Å². The Hall–Kier alpha value is -2.60. The molecule has 0 bridgehead atoms. The molecule has 3 N–H and O–H groups in total. The molecule has 2 heterocycles. The van der Waals surface area contributed by atoms with Crippen molar-refractivity contribution in [2.75, 3.05) is 17.4 Å². The van der Waals surface area contributed by atoms with Crippen molar-refractivity contribution in [1.82, 2.24) is 9.88 Å². The highest BCUT2D eigenvalue weighted by atomic mass is 16.2. The van der Waals surface area contributed by atoms with Gasteiger partial charge in [0.1, 0.15) is 5.82 Å². The van der Waals surface area contributed by atoms with Crippen molar-refractivity contribution in [3.63, 3.8) is 0 Å². The fourth-order valence-electron chi connectivity index (χ4n) is 2.53. The Kier molecular flexibility index (Phi) is 3.45. The Morgan fingerprint density at radius 3 is 2.95 bits per heavy atom. The largest absolute Gasteiger partial charge is 0.324 e. The highest BCUT2D eigenvalue weighted by Gasteiger charge is 2.27. The molecule has 0 fully saturated rings. The summed E-state index contributed by atoms with van der Waals surface area (Å²) in [6.07, 6.45) is 1.68. The van der Waals surface area contributed by atoms with E-state index in [1.807, 2.05) is 43.4 Å². The monoisotopic (exact) mass is 283 g/mol. The number of hydrazine groups is 1. The first kappa shape index (κ1) is 13.4. The number of nitrogens with zero attached hydrogens (tertiary/aromatic N) is 3. The van der Waals surface area contributed by atoms with Crippen LogP contribution in [0.1, 0.15) is 11.1 Å². The molecule has 6 heteroatoms. The van der Waals surface area contributed by atoms with E-state index >= 15 is 0 Å². The van der Waals surface area contributed by atoms with Crippen molar-refractivity contribution >= 4 is 17.5 Å². The Morgan fingerprint density at radius 2 is 2.14 bits per heavy atom. The average molecular weight is 283 g/mol. The number of carbonyl (C=O) groups excluding carboxylic acids is 1. The summed E-state index contributed by atoms with van der Waals surface area (Å²) in [5.74, 6) is 5.96. The van der Waals surface area contributed by atoms with Crippen LogP contribution in [0.15, 0.2) is 42.6 Å². The number of para-hydroxylation sites is 1. The number of hydrogen-bond donors (Lipinski definition) is 2. The molecule has 0 unspecified atom stereocenters. The standard InChI is InChI=1S/C15H17N5O/c1-19-10-12-4-2-3-5-13(12)20(15(19)21)9-11-6-7-17-14(8-11)18-16/h2-8H,9-10,16H2,1H3,(H,17,18). The van der Waals surface area contributed by atoms with Gasteiger partial charge in [-0.2, -0.15) is 0 Å². The number of urea groups is 1. The molecular weight excluding hydrogens is 266 g/mol. The molecule has 1 aromatic carbocycles. The molecule has 0 radical (unpaired) electrons. The molecule has 0 saturated carbocycles. The van der Waals surface area contributed by atoms with E-state index in [0.29, 0.717) is 18.9 Å². The van der Waals surface area contributed by atoms with E-state index in [1.54, 1.807) is 16.0 Å². The van der Waals surface area contributed by atoms with E-state index < -0.39 is 0 Å². The van der Waals surface area contributed by atoms with Gasteiger partial charge in [0, 0.05) is 19.8 Å². The predicted octanol–water partition coefficient (Wildman–Crippen LogP) is 1.94. The third-order valence-corrected chi connectivity index (χ3v) is 3.56. The van der Waals surface area contributed by atoms with Gasteiger partial charge >= 0.3 is 6.03 Å². The van der Waals surface area contributed by atoms with E-state index in [9.17, 15) is 4.79 Å². The van der Waals surface area contributed by atoms with E-state index in [1.165, 1.54) is 0 Å². The smallest absolute Gasteiger partial charge is 0.323 e. The number of carbonyl (C=O) groups is 1. The molecule has 21 heavy (non-hydrogen) atoms. The minimum absolute atomic E-state index is 0.00669. The SMILES string of the molecule is CN1Cc2ccccc2N(Cc2ccnc(NN)c2)C1=O. The second-order valence-electron chi connectivity index (χ2n) is 5.05. The molecule has 3 rings (SSSR count). The molecular formula is C15H17N5O. The van der Waals surface area contributed by atoms with E-state index in [2.05, 4.69) is 10.4 Å². The summed E-state index contributed by atoms with van der Waals surface area (Å²) in [5.41, 5.74) is 5.59. The lowest BCUT2D eigenvalue weighted by Crippen LogP contribution is -2.44. The summed E-state index contributed by atoms with van der Waals surface area (Å²) in [7, 11) is 1.81. The van der Waals surface area contributed by atoms with Crippen molar-refractivity contribution < 1.29 is 4.79 Å². The van der Waals surface area contributed by atoms with Gasteiger partial charge in [0.05, 0.1) is 12.2 Å². The molecule has 1 aliphatic heterocycles. The van der Waals surface area contributed by atoms with Gasteiger partial charge in [0.2, 0.25) is 0 Å². The van der Waals surface area contributed by atoms with Crippen LogP contribution in [0, 0.1) is 0 Å². The number of aromatic nitrogens is 1. The number of nitrogen functional groups attached to an aromatic ring is 1. The lowest BCUT2D eigenvalue weighted by Gasteiger charge is -2.35. The fourth-order valence-corrected chi connectivity index (χ4v) is 2.53. The number of nitrogens with two attached hydrogens (primary N) is 1. The highest BCUT2D eigenvalue weighted by Crippen LogP contribution is 2.29. The van der Waals surface area contributed by atoms with Crippen molar-refractivity contribution in [2.45, 2.75) is 13.1 Å². The zero-order valence-electron chi connectivity index (χ0n) is 11.8. The molecule has 0 spiro atoms. The predicted molar refractivity (Wildman–Crippen MR) is 81.5 cm³/mol. The number of rotatable bonds is 3. The number of benzene rings is 1. The van der Waals surface area contributed by atoms with Gasteiger partial charge in [-0.05, 0) is 29.3 Å². The highest BCUT2D eigenvalue weighted by molar-refractivity contribution is 5.94. The quantitative estimate of drug-likeness (QED) is 0.667. The lowest BCUT2D eigenvalue weighted by atomic mass is 10.1. The Labute approximate surface area is 123 Å². The van der Waals surface area contributed by atoms with Crippen LogP contribution < -0.4 is 16.2 Å². The van der Waals surface area contributed by atoms with E-state index in [-0.39, 0.29) is 6.03 Å². The molecule has 1 aliphatic rings. The maximum atomic E-state index is 12.4. The van der Waals surface area contributed by atoms with Gasteiger partial charge in [-0.1, -0.05) is 18.2 Å². The summed E-state index contributed by atoms with van der Waals surface area (Å²) in [6, 6.07) is 11.7. The van der Waals surface area contributed by atoms with Crippen LogP contribution in [0.4, 0.5) is 16.3 Å². The minimum atomic E-state index is -0.00669. The first-order valence-corrected chi connectivity index (χ1v) is 6.71. The molecule has 0 atom stereocenters. The normalized spacial score (nSPS) is 14.1. The van der Waals surface area contributed by atoms with Crippen LogP contribution in [0.2, 0.25) is 0 Å². The number of fused-ring (bicyclic) bond motifs is 1.